The van der Waals surface area contributed by atoms with Crippen molar-refractivity contribution >= 4 is 22.6 Å². The van der Waals surface area contributed by atoms with Gasteiger partial charge in [-0.3, -0.25) is 9.36 Å². The second-order valence-corrected chi connectivity index (χ2v) is 6.13. The molecule has 3 rings (SSSR count). The van der Waals surface area contributed by atoms with Crippen molar-refractivity contribution in [2.75, 3.05) is 12.8 Å². The highest BCUT2D eigenvalue weighted by Crippen LogP contribution is 2.34. The van der Waals surface area contributed by atoms with Crippen LogP contribution in [-0.2, 0) is 17.3 Å². The molecule has 0 spiro atoms. The molecule has 0 radical (unpaired) electrons. The maximum atomic E-state index is 13.3. The minimum atomic E-state index is -4.60. The number of aryl methyl sites for hydroxylation is 1. The third-order valence-corrected chi connectivity index (χ3v) is 4.55. The van der Waals surface area contributed by atoms with E-state index >= 15 is 0 Å². The number of halogens is 3. The normalized spacial score (nSPS) is 11.6. The van der Waals surface area contributed by atoms with Crippen LogP contribution in [0.1, 0.15) is 28.4 Å². The van der Waals surface area contributed by atoms with Gasteiger partial charge in [-0.2, -0.15) is 13.2 Å². The number of pyridine rings is 1. The number of nitrogens with zero attached hydrogens (tertiary/aromatic N) is 1. The van der Waals surface area contributed by atoms with Gasteiger partial charge in [0, 0.05) is 5.39 Å². The fraction of sp³-hybridized carbons (Fsp3) is 0.200. The number of alkyl halides is 3. The second kappa shape index (κ2) is 7.03. The van der Waals surface area contributed by atoms with Crippen molar-refractivity contribution in [2.45, 2.75) is 19.5 Å². The van der Waals surface area contributed by atoms with Gasteiger partial charge < -0.3 is 10.5 Å². The van der Waals surface area contributed by atoms with Crippen molar-refractivity contribution in [1.82, 2.24) is 4.57 Å². The summed E-state index contributed by atoms with van der Waals surface area (Å²) in [7, 11) is 1.10. The summed E-state index contributed by atoms with van der Waals surface area (Å²) in [5.41, 5.74) is 4.65. The molecule has 0 unspecified atom stereocenters. The average Bonchev–Trinajstić information content (AvgIpc) is 2.67. The molecule has 5 nitrogen and oxygen atoms in total. The number of nitrogen functional groups attached to an aromatic ring is 1. The van der Waals surface area contributed by atoms with Crippen LogP contribution in [0.15, 0.2) is 47.3 Å². The summed E-state index contributed by atoms with van der Waals surface area (Å²) in [6.07, 6.45) is -4.07. The Bertz CT molecular complexity index is 1130. The molecule has 1 aromatic heterocycles. The van der Waals surface area contributed by atoms with E-state index in [0.717, 1.165) is 35.4 Å². The van der Waals surface area contributed by atoms with Crippen LogP contribution in [0.25, 0.3) is 16.6 Å². The van der Waals surface area contributed by atoms with Gasteiger partial charge >= 0.3 is 12.1 Å². The van der Waals surface area contributed by atoms with Crippen molar-refractivity contribution in [3.8, 4) is 5.69 Å². The molecule has 0 aliphatic heterocycles. The molecule has 0 aliphatic rings. The number of aromatic nitrogens is 1. The molecule has 146 valence electrons. The molecular weight excluding hydrogens is 373 g/mol. The van der Waals surface area contributed by atoms with E-state index < -0.39 is 28.8 Å². The predicted octanol–water partition coefficient (Wildman–Crippen LogP) is 3.94. The van der Waals surface area contributed by atoms with E-state index in [4.69, 9.17) is 5.73 Å². The van der Waals surface area contributed by atoms with Crippen LogP contribution in [0.2, 0.25) is 0 Å². The minimum Gasteiger partial charge on any atom is -0.465 e. The molecule has 3 aromatic rings. The monoisotopic (exact) mass is 390 g/mol. The van der Waals surface area contributed by atoms with Crippen LogP contribution in [0, 0.1) is 0 Å². The molecule has 0 saturated heterocycles. The van der Waals surface area contributed by atoms with Gasteiger partial charge in [0.25, 0.3) is 5.56 Å². The number of anilines is 1. The maximum absolute atomic E-state index is 13.3. The van der Waals surface area contributed by atoms with Gasteiger partial charge in [0.1, 0.15) is 5.56 Å². The predicted molar refractivity (Wildman–Crippen MR) is 99.7 cm³/mol. The van der Waals surface area contributed by atoms with Crippen molar-refractivity contribution in [3.63, 3.8) is 0 Å². The maximum Gasteiger partial charge on any atom is 0.416 e. The Balaban J connectivity index is 2.55. The molecule has 0 amide bonds. The highest BCUT2D eigenvalue weighted by molar-refractivity contribution is 6.04. The zero-order valence-electron chi connectivity index (χ0n) is 15.1. The lowest BCUT2D eigenvalue weighted by molar-refractivity contribution is -0.137. The van der Waals surface area contributed by atoms with Crippen LogP contribution in [0.4, 0.5) is 18.9 Å². The van der Waals surface area contributed by atoms with Gasteiger partial charge in [-0.15, -0.1) is 0 Å². The number of rotatable bonds is 3. The summed E-state index contributed by atoms with van der Waals surface area (Å²) in [4.78, 5) is 25.3. The molecule has 1 heterocycles. The van der Waals surface area contributed by atoms with E-state index in [1.807, 2.05) is 6.92 Å². The fourth-order valence-corrected chi connectivity index (χ4v) is 3.16. The number of hydrogen-bond acceptors (Lipinski definition) is 4. The molecule has 8 heteroatoms. The Morgan fingerprint density at radius 2 is 1.86 bits per heavy atom. The number of ether oxygens (including phenoxy) is 1. The zero-order valence-corrected chi connectivity index (χ0v) is 15.1. The van der Waals surface area contributed by atoms with Gasteiger partial charge in [0.2, 0.25) is 0 Å². The Kier molecular flexibility index (Phi) is 4.89. The number of fused-ring (bicyclic) bond motifs is 1. The molecular formula is C20H17F3N2O3. The quantitative estimate of drug-likeness (QED) is 0.688. The Hall–Kier alpha value is -3.29. The van der Waals surface area contributed by atoms with Gasteiger partial charge in [-0.25, -0.2) is 4.79 Å². The summed E-state index contributed by atoms with van der Waals surface area (Å²) in [6, 6.07) is 9.67. The highest BCUT2D eigenvalue weighted by atomic mass is 19.4. The van der Waals surface area contributed by atoms with Crippen molar-refractivity contribution in [2.24, 2.45) is 0 Å². The lowest BCUT2D eigenvalue weighted by Gasteiger charge is -2.18. The summed E-state index contributed by atoms with van der Waals surface area (Å²) in [5, 5.41) is 0.152. The van der Waals surface area contributed by atoms with Gasteiger partial charge in [-0.05, 0) is 30.2 Å². The first kappa shape index (κ1) is 19.5. The Morgan fingerprint density at radius 3 is 2.46 bits per heavy atom. The standard InChI is InChI=1S/C20H17F3N2O3/c1-3-11-6-4-5-7-14(11)25-15-10-12(20(21,22)23)8-9-13(15)17(24)16(18(25)26)19(27)28-2/h4-10H,3,24H2,1-2H3. The van der Waals surface area contributed by atoms with Crippen LogP contribution in [-0.4, -0.2) is 17.6 Å². The van der Waals surface area contributed by atoms with E-state index in [2.05, 4.69) is 4.74 Å². The van der Waals surface area contributed by atoms with Gasteiger partial charge in [0.15, 0.2) is 0 Å². The summed E-state index contributed by atoms with van der Waals surface area (Å²) in [5.74, 6) is -0.952. The number of carbonyl (C=O) groups is 1. The van der Waals surface area contributed by atoms with E-state index in [1.165, 1.54) is 0 Å². The van der Waals surface area contributed by atoms with Crippen molar-refractivity contribution in [3.05, 3.63) is 69.5 Å². The van der Waals surface area contributed by atoms with E-state index in [1.54, 1.807) is 24.3 Å². The first-order valence-electron chi connectivity index (χ1n) is 8.42. The van der Waals surface area contributed by atoms with Crippen LogP contribution in [0.5, 0.6) is 0 Å². The topological polar surface area (TPSA) is 74.3 Å². The lowest BCUT2D eigenvalue weighted by atomic mass is 10.0. The molecule has 28 heavy (non-hydrogen) atoms. The number of esters is 1. The second-order valence-electron chi connectivity index (χ2n) is 6.13. The zero-order chi connectivity index (χ0) is 20.6. The molecule has 0 atom stereocenters. The average molecular weight is 390 g/mol. The van der Waals surface area contributed by atoms with Crippen molar-refractivity contribution < 1.29 is 22.7 Å². The number of nitrogens with two attached hydrogens (primary N) is 1. The van der Waals surface area contributed by atoms with Crippen LogP contribution in [0.3, 0.4) is 0 Å². The summed E-state index contributed by atoms with van der Waals surface area (Å²) < 4.78 is 45.5. The van der Waals surface area contributed by atoms with Gasteiger partial charge in [-0.1, -0.05) is 31.2 Å². The molecule has 0 fully saturated rings. The lowest BCUT2D eigenvalue weighted by Crippen LogP contribution is -2.29. The van der Waals surface area contributed by atoms with Gasteiger partial charge in [0.05, 0.1) is 29.6 Å². The van der Waals surface area contributed by atoms with E-state index in [-0.39, 0.29) is 16.6 Å². The minimum absolute atomic E-state index is 0.0362. The molecule has 2 aromatic carbocycles. The first-order chi connectivity index (χ1) is 13.2. The summed E-state index contributed by atoms with van der Waals surface area (Å²) in [6.45, 7) is 1.85. The van der Waals surface area contributed by atoms with Crippen LogP contribution >= 0.6 is 0 Å². The largest absolute Gasteiger partial charge is 0.465 e. The fourth-order valence-electron chi connectivity index (χ4n) is 3.16. The third-order valence-electron chi connectivity index (χ3n) is 4.55. The number of methoxy groups -OCH3 is 1. The highest BCUT2D eigenvalue weighted by Gasteiger charge is 2.32. The van der Waals surface area contributed by atoms with E-state index in [9.17, 15) is 22.8 Å². The number of carbonyl (C=O) groups excluding carboxylic acids is 1. The Labute approximate surface area is 158 Å². The number of benzene rings is 2. The Morgan fingerprint density at radius 1 is 1.18 bits per heavy atom. The number of para-hydroxylation sites is 1. The van der Waals surface area contributed by atoms with Crippen LogP contribution < -0.4 is 11.3 Å². The first-order valence-corrected chi connectivity index (χ1v) is 8.42. The molecule has 0 aliphatic carbocycles. The molecule has 2 N–H and O–H groups in total. The smallest absolute Gasteiger partial charge is 0.416 e. The summed E-state index contributed by atoms with van der Waals surface area (Å²) >= 11 is 0. The third kappa shape index (κ3) is 3.11. The van der Waals surface area contributed by atoms with Crippen molar-refractivity contribution in [1.29, 1.82) is 0 Å². The SMILES string of the molecule is CCc1ccccc1-n1c(=O)c(C(=O)OC)c(N)c2ccc(C(F)(F)F)cc21. The van der Waals surface area contributed by atoms with E-state index in [0.29, 0.717) is 12.1 Å². The number of hydrogen-bond donors (Lipinski definition) is 1. The molecule has 0 bridgehead atoms. The molecule has 0 saturated carbocycles.